The van der Waals surface area contributed by atoms with Crippen LogP contribution in [0.3, 0.4) is 0 Å². The molecule has 1 aromatic carbocycles. The highest BCUT2D eigenvalue weighted by molar-refractivity contribution is 6.32. The molecule has 10 heteroatoms. The molecule has 0 radical (unpaired) electrons. The molecule has 0 saturated carbocycles. The summed E-state index contributed by atoms with van der Waals surface area (Å²) < 4.78 is 6.66. The fraction of sp³-hybridized carbons (Fsp3) is 0.407. The van der Waals surface area contributed by atoms with Gasteiger partial charge in [0.05, 0.1) is 29.0 Å². The first kappa shape index (κ1) is 25.4. The molecule has 0 aliphatic carbocycles. The molecule has 4 heterocycles. The van der Waals surface area contributed by atoms with Gasteiger partial charge >= 0.3 is 5.97 Å². The van der Waals surface area contributed by atoms with Crippen LogP contribution in [0.2, 0.25) is 5.02 Å². The molecule has 194 valence electrons. The number of fused-ring (bicyclic) bond motifs is 5. The van der Waals surface area contributed by atoms with Gasteiger partial charge in [-0.3, -0.25) is 9.59 Å². The van der Waals surface area contributed by atoms with E-state index in [4.69, 9.17) is 27.1 Å². The minimum atomic E-state index is -1.95. The van der Waals surface area contributed by atoms with E-state index in [-0.39, 0.29) is 37.1 Å². The maximum Gasteiger partial charge on any atom is 0.343 e. The van der Waals surface area contributed by atoms with Gasteiger partial charge < -0.3 is 25.3 Å². The lowest BCUT2D eigenvalue weighted by Crippen LogP contribution is -2.50. The molecule has 5 rings (SSSR count). The molecule has 2 aliphatic heterocycles. The Morgan fingerprint density at radius 1 is 1.30 bits per heavy atom. The molecule has 1 amide bonds. The lowest BCUT2D eigenvalue weighted by Gasteiger charge is -2.31. The Balaban J connectivity index is 1.83. The lowest BCUT2D eigenvalue weighted by atomic mass is 9.81. The van der Waals surface area contributed by atoms with Crippen molar-refractivity contribution in [3.05, 3.63) is 61.4 Å². The number of ether oxygens (including phenoxy) is 1. The largest absolute Gasteiger partial charge is 0.458 e. The van der Waals surface area contributed by atoms with Crippen LogP contribution in [0.1, 0.15) is 55.0 Å². The quantitative estimate of drug-likeness (QED) is 0.339. The number of nitrogens with two attached hydrogens (primary N) is 1. The molecule has 4 N–H and O–H groups in total. The summed E-state index contributed by atoms with van der Waals surface area (Å²) in [5, 5.41) is 23.6. The Kier molecular flexibility index (Phi) is 5.74. The van der Waals surface area contributed by atoms with Crippen molar-refractivity contribution in [2.45, 2.75) is 64.9 Å². The van der Waals surface area contributed by atoms with Crippen LogP contribution in [-0.2, 0) is 39.5 Å². The number of amides is 1. The van der Waals surface area contributed by atoms with Crippen LogP contribution in [0.25, 0.3) is 22.3 Å². The van der Waals surface area contributed by atoms with Crippen molar-refractivity contribution < 1.29 is 24.5 Å². The van der Waals surface area contributed by atoms with Crippen LogP contribution < -0.4 is 11.3 Å². The Labute approximate surface area is 217 Å². The van der Waals surface area contributed by atoms with Gasteiger partial charge in [-0.1, -0.05) is 32.4 Å². The highest BCUT2D eigenvalue weighted by atomic mass is 35.5. The van der Waals surface area contributed by atoms with Crippen LogP contribution in [0.15, 0.2) is 23.0 Å². The van der Waals surface area contributed by atoms with E-state index in [1.807, 2.05) is 13.0 Å². The van der Waals surface area contributed by atoms with Crippen molar-refractivity contribution in [3.63, 3.8) is 0 Å². The molecule has 0 saturated heterocycles. The second kappa shape index (κ2) is 8.37. The average Bonchev–Trinajstić information content (AvgIpc) is 3.21. The molecule has 37 heavy (non-hydrogen) atoms. The molecule has 9 nitrogen and oxygen atoms in total. The van der Waals surface area contributed by atoms with Crippen LogP contribution in [0, 0.1) is 12.8 Å². The smallest absolute Gasteiger partial charge is 0.343 e. The van der Waals surface area contributed by atoms with Gasteiger partial charge in [-0.2, -0.15) is 0 Å². The summed E-state index contributed by atoms with van der Waals surface area (Å²) in [6, 6.07) is 5.17. The molecule has 2 atom stereocenters. The second-order valence-corrected chi connectivity index (χ2v) is 10.7. The van der Waals surface area contributed by atoms with E-state index >= 15 is 0 Å². The van der Waals surface area contributed by atoms with E-state index < -0.39 is 34.6 Å². The summed E-state index contributed by atoms with van der Waals surface area (Å²) in [5.41, 5.74) is 5.34. The minimum Gasteiger partial charge on any atom is -0.458 e. The summed E-state index contributed by atoms with van der Waals surface area (Å²) in [7, 11) is 0. The zero-order chi connectivity index (χ0) is 27.0. The molecule has 2 aliphatic rings. The fourth-order valence-corrected chi connectivity index (χ4v) is 5.50. The zero-order valence-corrected chi connectivity index (χ0v) is 21.8. The Bertz CT molecular complexity index is 1580. The summed E-state index contributed by atoms with van der Waals surface area (Å²) in [6.07, 6.45) is -0.0642. The number of esters is 1. The van der Waals surface area contributed by atoms with E-state index in [1.165, 1.54) is 4.57 Å². The SMILES string of the molecule is CC[C@@]1(O)C(=O)OCc2c1cc1n(c2=O)Cc2c-1nc1cc(Cl)c(C)cc1c2CC(O)(C(N)=O)C(C)C. The maximum atomic E-state index is 13.6. The van der Waals surface area contributed by atoms with Gasteiger partial charge in [0.15, 0.2) is 5.60 Å². The van der Waals surface area contributed by atoms with Crippen molar-refractivity contribution in [2.24, 2.45) is 11.7 Å². The first-order valence-electron chi connectivity index (χ1n) is 12.1. The monoisotopic (exact) mass is 525 g/mol. The summed E-state index contributed by atoms with van der Waals surface area (Å²) in [4.78, 5) is 43.3. The predicted octanol–water partition coefficient (Wildman–Crippen LogP) is 2.46. The summed E-state index contributed by atoms with van der Waals surface area (Å²) in [6.45, 7) is 6.80. The van der Waals surface area contributed by atoms with Gasteiger partial charge in [-0.05, 0) is 48.6 Å². The molecule has 0 bridgehead atoms. The van der Waals surface area contributed by atoms with Gasteiger partial charge in [-0.15, -0.1) is 0 Å². The van der Waals surface area contributed by atoms with Gasteiger partial charge in [-0.25, -0.2) is 9.78 Å². The van der Waals surface area contributed by atoms with Gasteiger partial charge in [0, 0.05) is 28.0 Å². The second-order valence-electron chi connectivity index (χ2n) is 10.3. The third-order valence-electron chi connectivity index (χ3n) is 7.91. The van der Waals surface area contributed by atoms with Crippen molar-refractivity contribution >= 4 is 34.4 Å². The van der Waals surface area contributed by atoms with Crippen LogP contribution in [0.5, 0.6) is 0 Å². The van der Waals surface area contributed by atoms with Gasteiger partial charge in [0.25, 0.3) is 5.56 Å². The number of pyridine rings is 2. The van der Waals surface area contributed by atoms with Crippen LogP contribution >= 0.6 is 11.6 Å². The summed E-state index contributed by atoms with van der Waals surface area (Å²) >= 11 is 6.41. The van der Waals surface area contributed by atoms with E-state index in [1.54, 1.807) is 32.9 Å². The first-order valence-corrected chi connectivity index (χ1v) is 12.5. The van der Waals surface area contributed by atoms with Crippen molar-refractivity contribution in [3.8, 4) is 11.4 Å². The number of aliphatic hydroxyl groups is 2. The number of primary amides is 1. The van der Waals surface area contributed by atoms with Crippen molar-refractivity contribution in [1.82, 2.24) is 9.55 Å². The molecular weight excluding hydrogens is 498 g/mol. The zero-order valence-electron chi connectivity index (χ0n) is 21.0. The number of carbonyl (C=O) groups excluding carboxylic acids is 2. The Hall–Kier alpha value is -3.27. The Morgan fingerprint density at radius 3 is 2.62 bits per heavy atom. The fourth-order valence-electron chi connectivity index (χ4n) is 5.34. The molecule has 1 unspecified atom stereocenters. The highest BCUT2D eigenvalue weighted by Gasteiger charge is 2.46. The number of halogens is 1. The number of nitrogens with zero attached hydrogens (tertiary/aromatic N) is 2. The normalized spacial score (nSPS) is 19.8. The number of hydrogen-bond acceptors (Lipinski definition) is 7. The van der Waals surface area contributed by atoms with E-state index in [0.29, 0.717) is 38.4 Å². The average molecular weight is 526 g/mol. The maximum absolute atomic E-state index is 13.6. The minimum absolute atomic E-state index is 0.0277. The van der Waals surface area contributed by atoms with Gasteiger partial charge in [0.1, 0.15) is 12.2 Å². The predicted molar refractivity (Wildman–Crippen MR) is 137 cm³/mol. The molecular formula is C27H28ClN3O6. The number of rotatable bonds is 5. The van der Waals surface area contributed by atoms with E-state index in [2.05, 4.69) is 0 Å². The third-order valence-corrected chi connectivity index (χ3v) is 8.32. The number of hydrogen-bond donors (Lipinski definition) is 3. The van der Waals surface area contributed by atoms with Crippen LogP contribution in [-0.4, -0.2) is 37.2 Å². The molecule has 0 fully saturated rings. The number of benzene rings is 1. The van der Waals surface area contributed by atoms with Crippen molar-refractivity contribution in [2.75, 3.05) is 0 Å². The molecule has 0 spiro atoms. The summed E-state index contributed by atoms with van der Waals surface area (Å²) in [5.74, 6) is -2.14. The van der Waals surface area contributed by atoms with Gasteiger partial charge in [0.2, 0.25) is 5.91 Å². The molecule has 3 aromatic rings. The third kappa shape index (κ3) is 3.52. The van der Waals surface area contributed by atoms with E-state index in [9.17, 15) is 24.6 Å². The van der Waals surface area contributed by atoms with Crippen molar-refractivity contribution in [1.29, 1.82) is 0 Å². The number of aryl methyl sites for hydroxylation is 1. The topological polar surface area (TPSA) is 145 Å². The Morgan fingerprint density at radius 2 is 2.00 bits per heavy atom. The number of cyclic esters (lactones) is 1. The number of carbonyl (C=O) groups is 2. The molecule has 2 aromatic heterocycles. The number of aromatic nitrogens is 2. The lowest BCUT2D eigenvalue weighted by molar-refractivity contribution is -0.172. The van der Waals surface area contributed by atoms with E-state index in [0.717, 1.165) is 5.56 Å². The van der Waals surface area contributed by atoms with Crippen LogP contribution in [0.4, 0.5) is 0 Å². The highest BCUT2D eigenvalue weighted by Crippen LogP contribution is 2.42. The first-order chi connectivity index (χ1) is 17.3. The standard InChI is InChI=1S/C27H28ClN3O6/c1-5-26(35)18-7-21-22-16(10-31(21)23(32)17(18)11-37-25(26)34)15(9-27(36,12(2)3)24(29)33)14-6-13(4)19(28)8-20(14)30-22/h6-8,12,35-36H,5,9-11H2,1-4H3,(H2,29,33)/t26-,27?/m0/s1.